The number of hydrogen-bond acceptors (Lipinski definition) is 4. The van der Waals surface area contributed by atoms with Gasteiger partial charge in [-0.1, -0.05) is 54.8 Å². The standard InChI is InChI=1S/C17H21ClN4OS/c1-22-16(12-7-3-2-4-8-12)20-21-17(22)24-11-15(23)19-14-10-6-5-9-13(14)18/h5-6,9-10,12H,2-4,7-8,11H2,1H3,(H,19,23). The molecule has 1 aromatic carbocycles. The summed E-state index contributed by atoms with van der Waals surface area (Å²) in [6.45, 7) is 0. The van der Waals surface area contributed by atoms with Gasteiger partial charge in [-0.3, -0.25) is 4.79 Å². The van der Waals surface area contributed by atoms with Crippen molar-refractivity contribution in [1.29, 1.82) is 0 Å². The zero-order valence-corrected chi connectivity index (χ0v) is 15.2. The van der Waals surface area contributed by atoms with Gasteiger partial charge in [0.05, 0.1) is 16.5 Å². The molecule has 0 radical (unpaired) electrons. The predicted molar refractivity (Wildman–Crippen MR) is 97.6 cm³/mol. The highest BCUT2D eigenvalue weighted by atomic mass is 35.5. The van der Waals surface area contributed by atoms with Crippen molar-refractivity contribution in [2.45, 2.75) is 43.2 Å². The van der Waals surface area contributed by atoms with E-state index in [4.69, 9.17) is 11.6 Å². The van der Waals surface area contributed by atoms with E-state index < -0.39 is 0 Å². The summed E-state index contributed by atoms with van der Waals surface area (Å²) in [6, 6.07) is 7.21. The molecule has 1 heterocycles. The molecule has 0 atom stereocenters. The lowest BCUT2D eigenvalue weighted by Gasteiger charge is -2.20. The highest BCUT2D eigenvalue weighted by Crippen LogP contribution is 2.32. The molecule has 1 aromatic heterocycles. The second-order valence-electron chi connectivity index (χ2n) is 6.05. The summed E-state index contributed by atoms with van der Waals surface area (Å²) in [6.07, 6.45) is 6.21. The monoisotopic (exact) mass is 364 g/mol. The van der Waals surface area contributed by atoms with Crippen LogP contribution in [-0.4, -0.2) is 26.4 Å². The van der Waals surface area contributed by atoms with Crippen LogP contribution in [-0.2, 0) is 11.8 Å². The van der Waals surface area contributed by atoms with Crippen molar-refractivity contribution in [3.05, 3.63) is 35.1 Å². The minimum Gasteiger partial charge on any atom is -0.324 e. The number of halogens is 1. The van der Waals surface area contributed by atoms with Crippen molar-refractivity contribution in [2.75, 3.05) is 11.1 Å². The molecule has 1 saturated carbocycles. The third kappa shape index (κ3) is 4.11. The van der Waals surface area contributed by atoms with Crippen LogP contribution in [0.1, 0.15) is 43.8 Å². The number of amides is 1. The van der Waals surface area contributed by atoms with E-state index in [2.05, 4.69) is 15.5 Å². The number of benzene rings is 1. The number of carbonyl (C=O) groups is 1. The number of carbonyl (C=O) groups excluding carboxylic acids is 1. The molecular formula is C17H21ClN4OS. The van der Waals surface area contributed by atoms with E-state index in [1.165, 1.54) is 43.9 Å². The molecule has 7 heteroatoms. The Labute approximate surface area is 151 Å². The lowest BCUT2D eigenvalue weighted by molar-refractivity contribution is -0.113. The average Bonchev–Trinajstić information content (AvgIpc) is 2.97. The summed E-state index contributed by atoms with van der Waals surface area (Å²) in [5.41, 5.74) is 0.630. The zero-order chi connectivity index (χ0) is 16.9. The van der Waals surface area contributed by atoms with Gasteiger partial charge >= 0.3 is 0 Å². The summed E-state index contributed by atoms with van der Waals surface area (Å²) in [5.74, 6) is 1.73. The fraction of sp³-hybridized carbons (Fsp3) is 0.471. The van der Waals surface area contributed by atoms with Gasteiger partial charge in [0, 0.05) is 13.0 Å². The van der Waals surface area contributed by atoms with E-state index in [1.54, 1.807) is 12.1 Å². The molecule has 24 heavy (non-hydrogen) atoms. The predicted octanol–water partition coefficient (Wildman–Crippen LogP) is 4.25. The highest BCUT2D eigenvalue weighted by molar-refractivity contribution is 7.99. The van der Waals surface area contributed by atoms with E-state index in [1.807, 2.05) is 23.7 Å². The molecule has 3 rings (SSSR count). The molecule has 1 aliphatic rings. The molecule has 0 unspecified atom stereocenters. The van der Waals surface area contributed by atoms with Crippen LogP contribution in [0.2, 0.25) is 5.02 Å². The van der Waals surface area contributed by atoms with Gasteiger partial charge in [0.2, 0.25) is 5.91 Å². The molecule has 1 amide bonds. The van der Waals surface area contributed by atoms with Crippen molar-refractivity contribution in [1.82, 2.24) is 14.8 Å². The van der Waals surface area contributed by atoms with Crippen LogP contribution in [0.15, 0.2) is 29.4 Å². The number of thioether (sulfide) groups is 1. The minimum atomic E-state index is -0.102. The van der Waals surface area contributed by atoms with Gasteiger partial charge in [0.25, 0.3) is 0 Å². The lowest BCUT2D eigenvalue weighted by Crippen LogP contribution is -2.15. The molecular weight excluding hydrogens is 344 g/mol. The Kier molecular flexibility index (Phi) is 5.79. The van der Waals surface area contributed by atoms with Gasteiger partial charge in [-0.25, -0.2) is 0 Å². The van der Waals surface area contributed by atoms with Gasteiger partial charge < -0.3 is 9.88 Å². The maximum Gasteiger partial charge on any atom is 0.234 e. The molecule has 2 aromatic rings. The molecule has 128 valence electrons. The van der Waals surface area contributed by atoms with Crippen LogP contribution in [0.3, 0.4) is 0 Å². The van der Waals surface area contributed by atoms with Gasteiger partial charge in [-0.2, -0.15) is 0 Å². The largest absolute Gasteiger partial charge is 0.324 e. The third-order valence-corrected chi connectivity index (χ3v) is 5.67. The van der Waals surface area contributed by atoms with Crippen LogP contribution in [0, 0.1) is 0 Å². The Bertz CT molecular complexity index is 712. The summed E-state index contributed by atoms with van der Waals surface area (Å²) in [4.78, 5) is 12.1. The van der Waals surface area contributed by atoms with Crippen LogP contribution in [0.4, 0.5) is 5.69 Å². The summed E-state index contributed by atoms with van der Waals surface area (Å²) < 4.78 is 2.03. The number of aromatic nitrogens is 3. The second kappa shape index (κ2) is 8.03. The number of hydrogen-bond donors (Lipinski definition) is 1. The topological polar surface area (TPSA) is 59.8 Å². The van der Waals surface area contributed by atoms with Gasteiger partial charge in [0.1, 0.15) is 5.82 Å². The molecule has 0 aliphatic heterocycles. The highest BCUT2D eigenvalue weighted by Gasteiger charge is 2.22. The molecule has 1 fully saturated rings. The lowest BCUT2D eigenvalue weighted by atomic mass is 9.89. The van der Waals surface area contributed by atoms with Gasteiger partial charge in [0.15, 0.2) is 5.16 Å². The van der Waals surface area contributed by atoms with Crippen LogP contribution >= 0.6 is 23.4 Å². The number of nitrogens with zero attached hydrogens (tertiary/aromatic N) is 3. The molecule has 5 nitrogen and oxygen atoms in total. The first-order valence-corrected chi connectivity index (χ1v) is 9.58. The molecule has 0 spiro atoms. The Morgan fingerprint density at radius 3 is 2.79 bits per heavy atom. The van der Waals surface area contributed by atoms with E-state index in [0.29, 0.717) is 16.6 Å². The maximum atomic E-state index is 12.1. The first kappa shape index (κ1) is 17.3. The minimum absolute atomic E-state index is 0.102. The van der Waals surface area contributed by atoms with Crippen molar-refractivity contribution < 1.29 is 4.79 Å². The number of rotatable bonds is 5. The van der Waals surface area contributed by atoms with E-state index >= 15 is 0 Å². The second-order valence-corrected chi connectivity index (χ2v) is 7.40. The molecule has 1 N–H and O–H groups in total. The number of para-hydroxylation sites is 1. The molecule has 1 aliphatic carbocycles. The van der Waals surface area contributed by atoms with E-state index in [0.717, 1.165) is 11.0 Å². The average molecular weight is 365 g/mol. The Morgan fingerprint density at radius 1 is 1.29 bits per heavy atom. The summed E-state index contributed by atoms with van der Waals surface area (Å²) in [7, 11) is 1.98. The first-order chi connectivity index (χ1) is 11.6. The first-order valence-electron chi connectivity index (χ1n) is 8.21. The van der Waals surface area contributed by atoms with Crippen LogP contribution in [0.25, 0.3) is 0 Å². The summed E-state index contributed by atoms with van der Waals surface area (Å²) in [5, 5.41) is 12.8. The Balaban J connectivity index is 1.57. The molecule has 0 bridgehead atoms. The van der Waals surface area contributed by atoms with Crippen molar-refractivity contribution in [3.63, 3.8) is 0 Å². The van der Waals surface area contributed by atoms with E-state index in [9.17, 15) is 4.79 Å². The Morgan fingerprint density at radius 2 is 2.04 bits per heavy atom. The summed E-state index contributed by atoms with van der Waals surface area (Å²) >= 11 is 7.45. The van der Waals surface area contributed by atoms with Crippen LogP contribution in [0.5, 0.6) is 0 Å². The smallest absolute Gasteiger partial charge is 0.234 e. The van der Waals surface area contributed by atoms with Crippen molar-refractivity contribution in [2.24, 2.45) is 7.05 Å². The zero-order valence-electron chi connectivity index (χ0n) is 13.7. The maximum absolute atomic E-state index is 12.1. The van der Waals surface area contributed by atoms with Crippen molar-refractivity contribution >= 4 is 35.0 Å². The van der Waals surface area contributed by atoms with Gasteiger partial charge in [-0.05, 0) is 25.0 Å². The quantitative estimate of drug-likeness (QED) is 0.806. The van der Waals surface area contributed by atoms with Gasteiger partial charge in [-0.15, -0.1) is 10.2 Å². The fourth-order valence-corrected chi connectivity index (χ4v) is 3.95. The third-order valence-electron chi connectivity index (χ3n) is 4.32. The van der Waals surface area contributed by atoms with Crippen molar-refractivity contribution in [3.8, 4) is 0 Å². The number of nitrogens with one attached hydrogen (secondary N) is 1. The SMILES string of the molecule is Cn1c(SCC(=O)Nc2ccccc2Cl)nnc1C1CCCCC1. The normalized spacial score (nSPS) is 15.4. The van der Waals surface area contributed by atoms with Crippen LogP contribution < -0.4 is 5.32 Å². The Hall–Kier alpha value is -1.53. The fourth-order valence-electron chi connectivity index (χ4n) is 3.05. The van der Waals surface area contributed by atoms with E-state index in [-0.39, 0.29) is 11.7 Å². The number of anilines is 1. The molecule has 0 saturated heterocycles.